The fraction of sp³-hybridized carbons (Fsp3) is 0.818. The number of ketones is 3. The molecule has 0 heterocycles. The third kappa shape index (κ3) is 9.58. The Balaban J connectivity index is 5.18. The first-order chi connectivity index (χ1) is 12.5. The molecule has 0 radical (unpaired) electrons. The van der Waals surface area contributed by atoms with Crippen LogP contribution in [0.2, 0.25) is 0 Å². The Hall–Kier alpha value is -1.56. The average molecular weight is 397 g/mol. The smallest absolute Gasteiger partial charge is 0.237 e. The van der Waals surface area contributed by atoms with Gasteiger partial charge in [0.15, 0.2) is 5.78 Å². The van der Waals surface area contributed by atoms with E-state index in [4.69, 9.17) is 0 Å². The highest BCUT2D eigenvalue weighted by atomic mass is 16.2. The first kappa shape index (κ1) is 26.4. The van der Waals surface area contributed by atoms with Crippen molar-refractivity contribution >= 4 is 23.3 Å². The number of hydrogen-bond donors (Lipinski definition) is 2. The van der Waals surface area contributed by atoms with Crippen molar-refractivity contribution in [3.05, 3.63) is 0 Å². The van der Waals surface area contributed by atoms with Crippen LogP contribution in [0.4, 0.5) is 0 Å². The molecule has 0 saturated carbocycles. The van der Waals surface area contributed by atoms with Crippen LogP contribution in [0, 0.1) is 17.3 Å². The fourth-order valence-corrected chi connectivity index (χ4v) is 3.02. The van der Waals surface area contributed by atoms with Crippen molar-refractivity contribution < 1.29 is 19.2 Å². The van der Waals surface area contributed by atoms with Crippen LogP contribution < -0.4 is 10.6 Å². The third-order valence-electron chi connectivity index (χ3n) is 4.47. The van der Waals surface area contributed by atoms with Crippen LogP contribution in [-0.4, -0.2) is 40.9 Å². The summed E-state index contributed by atoms with van der Waals surface area (Å²) in [6.07, 6.45) is -0.00111. The molecule has 0 rings (SSSR count). The normalized spacial score (nSPS) is 15.7. The number of Topliss-reactive ketones (excluding diaryl/α,β-unsaturated/α-hetero) is 3. The molecule has 6 nitrogen and oxygen atoms in total. The first-order valence-corrected chi connectivity index (χ1v) is 10.1. The molecule has 0 aromatic heterocycles. The van der Waals surface area contributed by atoms with Crippen LogP contribution in [0.5, 0.6) is 0 Å². The monoisotopic (exact) mass is 396 g/mol. The second kappa shape index (κ2) is 10.3. The molecular formula is C22H40N2O4. The van der Waals surface area contributed by atoms with E-state index in [2.05, 4.69) is 10.6 Å². The quantitative estimate of drug-likeness (QED) is 0.592. The van der Waals surface area contributed by atoms with E-state index in [0.717, 1.165) is 0 Å². The predicted octanol–water partition coefficient (Wildman–Crippen LogP) is 3.07. The molecule has 0 aromatic rings. The van der Waals surface area contributed by atoms with E-state index in [9.17, 15) is 19.2 Å². The van der Waals surface area contributed by atoms with Crippen molar-refractivity contribution in [1.82, 2.24) is 10.6 Å². The van der Waals surface area contributed by atoms with Crippen molar-refractivity contribution in [2.24, 2.45) is 17.3 Å². The maximum Gasteiger partial charge on any atom is 0.237 e. The lowest BCUT2D eigenvalue weighted by atomic mass is 9.78. The van der Waals surface area contributed by atoms with Gasteiger partial charge in [-0.3, -0.25) is 14.4 Å². The molecular weight excluding hydrogens is 356 g/mol. The molecule has 6 heteroatoms. The SMILES string of the molecule is CC(=O)C[C@H](CC(=O)[C@H](C)NC(=O)[C@@H](NC(C)(C)C)C(C)C)C(=O)C(C)(C)C. The lowest BCUT2D eigenvalue weighted by Crippen LogP contribution is -2.56. The highest BCUT2D eigenvalue weighted by molar-refractivity contribution is 5.96. The standard InChI is InChI=1S/C22H40N2O4/c1-13(2)18(24-22(8,9)10)20(28)23-15(4)17(26)12-16(11-14(3)25)19(27)21(5,6)7/h13,15-16,18,24H,11-12H2,1-10H3,(H,23,28)/t15-,16+,18-/m0/s1. The number of nitrogens with one attached hydrogen (secondary N) is 2. The lowest BCUT2D eigenvalue weighted by molar-refractivity contribution is -0.136. The zero-order valence-corrected chi connectivity index (χ0v) is 19.4. The van der Waals surface area contributed by atoms with E-state index < -0.39 is 23.4 Å². The Bertz CT molecular complexity index is 582. The van der Waals surface area contributed by atoms with E-state index in [1.54, 1.807) is 27.7 Å². The molecule has 0 aliphatic rings. The Morgan fingerprint density at radius 1 is 0.857 bits per heavy atom. The van der Waals surface area contributed by atoms with E-state index >= 15 is 0 Å². The topological polar surface area (TPSA) is 92.3 Å². The molecule has 0 unspecified atom stereocenters. The zero-order valence-electron chi connectivity index (χ0n) is 19.4. The molecule has 0 aliphatic carbocycles. The molecule has 28 heavy (non-hydrogen) atoms. The second-order valence-electron chi connectivity index (χ2n) is 10.2. The minimum Gasteiger partial charge on any atom is -0.345 e. The zero-order chi connectivity index (χ0) is 22.4. The van der Waals surface area contributed by atoms with Crippen LogP contribution in [0.3, 0.4) is 0 Å². The summed E-state index contributed by atoms with van der Waals surface area (Å²) in [6.45, 7) is 18.2. The lowest BCUT2D eigenvalue weighted by Gasteiger charge is -2.31. The van der Waals surface area contributed by atoms with E-state index in [1.807, 2.05) is 34.6 Å². The van der Waals surface area contributed by atoms with Gasteiger partial charge in [0.2, 0.25) is 5.91 Å². The average Bonchev–Trinajstić information content (AvgIpc) is 2.48. The van der Waals surface area contributed by atoms with Crippen LogP contribution >= 0.6 is 0 Å². The second-order valence-corrected chi connectivity index (χ2v) is 10.2. The molecule has 3 atom stereocenters. The summed E-state index contributed by atoms with van der Waals surface area (Å²) >= 11 is 0. The molecule has 2 N–H and O–H groups in total. The number of amides is 1. The van der Waals surface area contributed by atoms with Crippen LogP contribution in [0.15, 0.2) is 0 Å². The number of rotatable bonds is 10. The molecule has 0 aromatic carbocycles. The molecule has 0 saturated heterocycles. The van der Waals surface area contributed by atoms with Gasteiger partial charge in [-0.15, -0.1) is 0 Å². The predicted molar refractivity (Wildman–Crippen MR) is 112 cm³/mol. The molecule has 0 fully saturated rings. The summed E-state index contributed by atoms with van der Waals surface area (Å²) in [5.74, 6) is -1.32. The Labute approximate surface area is 170 Å². The number of hydrogen-bond acceptors (Lipinski definition) is 5. The van der Waals surface area contributed by atoms with Gasteiger partial charge in [-0.25, -0.2) is 0 Å². The van der Waals surface area contributed by atoms with Gasteiger partial charge in [-0.05, 0) is 40.5 Å². The minimum absolute atomic E-state index is 0.0444. The summed E-state index contributed by atoms with van der Waals surface area (Å²) in [7, 11) is 0. The van der Waals surface area contributed by atoms with Crippen LogP contribution in [0.25, 0.3) is 0 Å². The fourth-order valence-electron chi connectivity index (χ4n) is 3.02. The number of carbonyl (C=O) groups is 4. The van der Waals surface area contributed by atoms with Gasteiger partial charge in [-0.1, -0.05) is 34.6 Å². The van der Waals surface area contributed by atoms with Gasteiger partial charge >= 0.3 is 0 Å². The summed E-state index contributed by atoms with van der Waals surface area (Å²) in [4.78, 5) is 49.6. The molecule has 0 spiro atoms. The molecule has 1 amide bonds. The van der Waals surface area contributed by atoms with Gasteiger partial charge in [0.25, 0.3) is 0 Å². The number of carbonyl (C=O) groups excluding carboxylic acids is 4. The van der Waals surface area contributed by atoms with Crippen molar-refractivity contribution in [3.63, 3.8) is 0 Å². The molecule has 0 bridgehead atoms. The van der Waals surface area contributed by atoms with Crippen LogP contribution in [0.1, 0.15) is 82.1 Å². The molecule has 162 valence electrons. The van der Waals surface area contributed by atoms with Crippen molar-refractivity contribution in [2.75, 3.05) is 0 Å². The van der Waals surface area contributed by atoms with Gasteiger partial charge in [-0.2, -0.15) is 0 Å². The summed E-state index contributed by atoms with van der Waals surface area (Å²) in [5.41, 5.74) is -0.877. The summed E-state index contributed by atoms with van der Waals surface area (Å²) in [6, 6.07) is -1.16. The highest BCUT2D eigenvalue weighted by Gasteiger charge is 2.34. The maximum atomic E-state index is 12.7. The first-order valence-electron chi connectivity index (χ1n) is 10.1. The summed E-state index contributed by atoms with van der Waals surface area (Å²) in [5, 5.41) is 6.06. The summed E-state index contributed by atoms with van der Waals surface area (Å²) < 4.78 is 0. The van der Waals surface area contributed by atoms with Crippen molar-refractivity contribution in [1.29, 1.82) is 0 Å². The Morgan fingerprint density at radius 3 is 1.71 bits per heavy atom. The molecule has 0 aliphatic heterocycles. The van der Waals surface area contributed by atoms with E-state index in [-0.39, 0.29) is 47.6 Å². The Morgan fingerprint density at radius 2 is 1.36 bits per heavy atom. The van der Waals surface area contributed by atoms with E-state index in [0.29, 0.717) is 0 Å². The van der Waals surface area contributed by atoms with Gasteiger partial charge in [0, 0.05) is 29.7 Å². The largest absolute Gasteiger partial charge is 0.345 e. The van der Waals surface area contributed by atoms with Crippen molar-refractivity contribution in [2.45, 2.75) is 99.7 Å². The van der Waals surface area contributed by atoms with Gasteiger partial charge in [0.1, 0.15) is 11.6 Å². The van der Waals surface area contributed by atoms with E-state index in [1.165, 1.54) is 6.92 Å². The van der Waals surface area contributed by atoms with Gasteiger partial charge < -0.3 is 15.4 Å². The minimum atomic E-state index is -0.724. The third-order valence-corrected chi connectivity index (χ3v) is 4.47. The maximum absolute atomic E-state index is 12.7. The van der Waals surface area contributed by atoms with Crippen molar-refractivity contribution in [3.8, 4) is 0 Å². The van der Waals surface area contributed by atoms with Crippen LogP contribution in [-0.2, 0) is 19.2 Å². The van der Waals surface area contributed by atoms with Gasteiger partial charge in [0.05, 0.1) is 12.1 Å². The Kier molecular flexibility index (Phi) is 9.71. The highest BCUT2D eigenvalue weighted by Crippen LogP contribution is 2.25.